The number of benzene rings is 2. The molecule has 0 fully saturated rings. The molecule has 0 atom stereocenters. The highest BCUT2D eigenvalue weighted by Gasteiger charge is 2.07. The van der Waals surface area contributed by atoms with E-state index < -0.39 is 0 Å². The third-order valence-electron chi connectivity index (χ3n) is 3.34. The van der Waals surface area contributed by atoms with E-state index in [0.717, 1.165) is 11.1 Å². The first-order valence-electron chi connectivity index (χ1n) is 7.05. The van der Waals surface area contributed by atoms with Gasteiger partial charge in [0.2, 0.25) is 0 Å². The van der Waals surface area contributed by atoms with Gasteiger partial charge in [-0.15, -0.1) is 0 Å². The summed E-state index contributed by atoms with van der Waals surface area (Å²) in [6, 6.07) is 15.0. The summed E-state index contributed by atoms with van der Waals surface area (Å²) in [5, 5.41) is 11.8. The van der Waals surface area contributed by atoms with Gasteiger partial charge in [0.1, 0.15) is 11.8 Å². The Morgan fingerprint density at radius 1 is 1.23 bits per heavy atom. The van der Waals surface area contributed by atoms with E-state index >= 15 is 0 Å². The van der Waals surface area contributed by atoms with Crippen molar-refractivity contribution in [2.45, 2.75) is 20.4 Å². The SMILES string of the molecule is Cc1ccc(CNC(=O)COc2ccccc2C#N)c(C)c1. The molecule has 4 heteroatoms. The van der Waals surface area contributed by atoms with Crippen molar-refractivity contribution in [2.75, 3.05) is 6.61 Å². The number of para-hydroxylation sites is 1. The van der Waals surface area contributed by atoms with Gasteiger partial charge < -0.3 is 10.1 Å². The summed E-state index contributed by atoms with van der Waals surface area (Å²) in [5.74, 6) is 0.208. The van der Waals surface area contributed by atoms with Gasteiger partial charge >= 0.3 is 0 Å². The van der Waals surface area contributed by atoms with Crippen molar-refractivity contribution >= 4 is 5.91 Å². The highest BCUT2D eigenvalue weighted by molar-refractivity contribution is 5.77. The molecule has 2 rings (SSSR count). The van der Waals surface area contributed by atoms with Crippen LogP contribution in [0, 0.1) is 25.2 Å². The fourth-order valence-electron chi connectivity index (χ4n) is 2.12. The largest absolute Gasteiger partial charge is 0.482 e. The normalized spacial score (nSPS) is 9.86. The van der Waals surface area contributed by atoms with Crippen LogP contribution in [0.15, 0.2) is 42.5 Å². The zero-order valence-electron chi connectivity index (χ0n) is 12.7. The number of hydrogen-bond acceptors (Lipinski definition) is 3. The summed E-state index contributed by atoms with van der Waals surface area (Å²) in [4.78, 5) is 11.8. The zero-order chi connectivity index (χ0) is 15.9. The van der Waals surface area contributed by atoms with Crippen LogP contribution in [0.2, 0.25) is 0 Å². The fraction of sp³-hybridized carbons (Fsp3) is 0.222. The quantitative estimate of drug-likeness (QED) is 0.922. The van der Waals surface area contributed by atoms with E-state index in [-0.39, 0.29) is 12.5 Å². The van der Waals surface area contributed by atoms with E-state index in [4.69, 9.17) is 10.00 Å². The van der Waals surface area contributed by atoms with Gasteiger partial charge in [0.15, 0.2) is 6.61 Å². The van der Waals surface area contributed by atoms with E-state index in [1.807, 2.05) is 32.0 Å². The van der Waals surface area contributed by atoms with Crippen molar-refractivity contribution in [3.8, 4) is 11.8 Å². The molecule has 0 aliphatic carbocycles. The summed E-state index contributed by atoms with van der Waals surface area (Å²) in [5.41, 5.74) is 3.85. The number of ether oxygens (including phenoxy) is 1. The van der Waals surface area contributed by atoms with Crippen molar-refractivity contribution in [3.63, 3.8) is 0 Å². The number of carbonyl (C=O) groups excluding carboxylic acids is 1. The number of rotatable bonds is 5. The molecule has 0 bridgehead atoms. The van der Waals surface area contributed by atoms with Crippen molar-refractivity contribution in [1.82, 2.24) is 5.32 Å². The maximum atomic E-state index is 11.8. The molecular weight excluding hydrogens is 276 g/mol. The van der Waals surface area contributed by atoms with Crippen LogP contribution < -0.4 is 10.1 Å². The average Bonchev–Trinajstić information content (AvgIpc) is 2.52. The Kier molecular flexibility index (Phi) is 5.16. The van der Waals surface area contributed by atoms with E-state index in [9.17, 15) is 4.79 Å². The van der Waals surface area contributed by atoms with Crippen molar-refractivity contribution in [2.24, 2.45) is 0 Å². The predicted octanol–water partition coefficient (Wildman–Crippen LogP) is 2.87. The molecule has 0 saturated carbocycles. The third-order valence-corrected chi connectivity index (χ3v) is 3.34. The molecule has 0 heterocycles. The molecule has 1 amide bonds. The monoisotopic (exact) mass is 294 g/mol. The Bertz CT molecular complexity index is 717. The molecule has 0 aliphatic heterocycles. The second kappa shape index (κ2) is 7.28. The lowest BCUT2D eigenvalue weighted by molar-refractivity contribution is -0.123. The molecule has 0 spiro atoms. The van der Waals surface area contributed by atoms with Gasteiger partial charge in [0.05, 0.1) is 5.56 Å². The van der Waals surface area contributed by atoms with Crippen LogP contribution in [0.5, 0.6) is 5.75 Å². The van der Waals surface area contributed by atoms with Gasteiger partial charge in [-0.1, -0.05) is 35.9 Å². The third kappa shape index (κ3) is 4.10. The average molecular weight is 294 g/mol. The maximum Gasteiger partial charge on any atom is 0.258 e. The minimum absolute atomic E-state index is 0.108. The van der Waals surface area contributed by atoms with Crippen LogP contribution in [0.4, 0.5) is 0 Å². The van der Waals surface area contributed by atoms with Crippen LogP contribution in [0.25, 0.3) is 0 Å². The van der Waals surface area contributed by atoms with E-state index in [0.29, 0.717) is 17.9 Å². The fourth-order valence-corrected chi connectivity index (χ4v) is 2.12. The Morgan fingerprint density at radius 3 is 2.73 bits per heavy atom. The Morgan fingerprint density at radius 2 is 2.00 bits per heavy atom. The molecule has 0 aliphatic rings. The second-order valence-corrected chi connectivity index (χ2v) is 5.10. The lowest BCUT2D eigenvalue weighted by Gasteiger charge is -2.10. The number of hydrogen-bond donors (Lipinski definition) is 1. The van der Waals surface area contributed by atoms with E-state index in [1.54, 1.807) is 24.3 Å². The van der Waals surface area contributed by atoms with Crippen LogP contribution in [0.1, 0.15) is 22.3 Å². The second-order valence-electron chi connectivity index (χ2n) is 5.10. The van der Waals surface area contributed by atoms with Gasteiger partial charge in [-0.25, -0.2) is 0 Å². The Hall–Kier alpha value is -2.80. The lowest BCUT2D eigenvalue weighted by Crippen LogP contribution is -2.28. The Balaban J connectivity index is 1.87. The summed E-state index contributed by atoms with van der Waals surface area (Å²) in [6.07, 6.45) is 0. The number of carbonyl (C=O) groups is 1. The molecular formula is C18H18N2O2. The van der Waals surface area contributed by atoms with Gasteiger partial charge in [-0.05, 0) is 37.1 Å². The van der Waals surface area contributed by atoms with E-state index in [2.05, 4.69) is 11.4 Å². The molecule has 0 unspecified atom stereocenters. The first-order chi connectivity index (χ1) is 10.6. The highest BCUT2D eigenvalue weighted by atomic mass is 16.5. The van der Waals surface area contributed by atoms with Crippen LogP contribution in [-0.4, -0.2) is 12.5 Å². The predicted molar refractivity (Wildman–Crippen MR) is 84.4 cm³/mol. The smallest absolute Gasteiger partial charge is 0.258 e. The molecule has 1 N–H and O–H groups in total. The number of amides is 1. The van der Waals surface area contributed by atoms with Crippen molar-refractivity contribution < 1.29 is 9.53 Å². The summed E-state index contributed by atoms with van der Waals surface area (Å²) in [6.45, 7) is 4.42. The topological polar surface area (TPSA) is 62.1 Å². The van der Waals surface area contributed by atoms with Gasteiger partial charge in [-0.3, -0.25) is 4.79 Å². The molecule has 0 aromatic heterocycles. The minimum Gasteiger partial charge on any atom is -0.482 e. The standard InChI is InChI=1S/C18H18N2O2/c1-13-7-8-16(14(2)9-13)11-20-18(21)12-22-17-6-4-3-5-15(17)10-19/h3-9H,11-12H2,1-2H3,(H,20,21). The molecule has 112 valence electrons. The summed E-state index contributed by atoms with van der Waals surface area (Å²) >= 11 is 0. The molecule has 0 saturated heterocycles. The molecule has 0 radical (unpaired) electrons. The molecule has 2 aromatic carbocycles. The number of nitriles is 1. The van der Waals surface area contributed by atoms with Gasteiger partial charge in [0.25, 0.3) is 5.91 Å². The van der Waals surface area contributed by atoms with Crippen molar-refractivity contribution in [3.05, 3.63) is 64.7 Å². The summed E-state index contributed by atoms with van der Waals surface area (Å²) < 4.78 is 5.39. The number of nitrogens with one attached hydrogen (secondary N) is 1. The first kappa shape index (κ1) is 15.6. The van der Waals surface area contributed by atoms with Gasteiger partial charge in [0, 0.05) is 6.54 Å². The van der Waals surface area contributed by atoms with Crippen LogP contribution >= 0.6 is 0 Å². The van der Waals surface area contributed by atoms with Crippen LogP contribution in [-0.2, 0) is 11.3 Å². The highest BCUT2D eigenvalue weighted by Crippen LogP contribution is 2.16. The molecule has 4 nitrogen and oxygen atoms in total. The molecule has 2 aromatic rings. The van der Waals surface area contributed by atoms with Crippen LogP contribution in [0.3, 0.4) is 0 Å². The summed E-state index contributed by atoms with van der Waals surface area (Å²) in [7, 11) is 0. The van der Waals surface area contributed by atoms with Gasteiger partial charge in [-0.2, -0.15) is 5.26 Å². The van der Waals surface area contributed by atoms with Crippen molar-refractivity contribution in [1.29, 1.82) is 5.26 Å². The number of nitrogens with zero attached hydrogens (tertiary/aromatic N) is 1. The molecule has 22 heavy (non-hydrogen) atoms. The zero-order valence-corrected chi connectivity index (χ0v) is 12.7. The minimum atomic E-state index is -0.215. The first-order valence-corrected chi connectivity index (χ1v) is 7.05. The Labute approximate surface area is 130 Å². The number of aryl methyl sites for hydroxylation is 2. The maximum absolute atomic E-state index is 11.8. The van der Waals surface area contributed by atoms with E-state index in [1.165, 1.54) is 5.56 Å². The lowest BCUT2D eigenvalue weighted by atomic mass is 10.1.